The Labute approximate surface area is 153 Å². The van der Waals surface area contributed by atoms with Crippen LogP contribution in [0.15, 0.2) is 36.4 Å². The van der Waals surface area contributed by atoms with E-state index in [1.165, 1.54) is 20.3 Å². The molecule has 0 unspecified atom stereocenters. The molecule has 2 rings (SSSR count). The van der Waals surface area contributed by atoms with Crippen LogP contribution in [0.2, 0.25) is 0 Å². The highest BCUT2D eigenvalue weighted by atomic mass is 32.1. The SMILES string of the molecule is COc1cccc(OC)c1C(=O)NC(=S)Nc1ccc(F)c([N+](=O)[O-])c1. The largest absolute Gasteiger partial charge is 0.496 e. The van der Waals surface area contributed by atoms with E-state index in [-0.39, 0.29) is 27.9 Å². The Balaban J connectivity index is 2.17. The van der Waals surface area contributed by atoms with Crippen LogP contribution in [0.25, 0.3) is 0 Å². The van der Waals surface area contributed by atoms with Crippen molar-refractivity contribution in [2.75, 3.05) is 19.5 Å². The maximum atomic E-state index is 13.4. The third-order valence-electron chi connectivity index (χ3n) is 3.28. The molecular weight excluding hydrogens is 365 g/mol. The third-order valence-corrected chi connectivity index (χ3v) is 3.49. The number of benzene rings is 2. The summed E-state index contributed by atoms with van der Waals surface area (Å²) in [6.45, 7) is 0. The summed E-state index contributed by atoms with van der Waals surface area (Å²) in [7, 11) is 2.81. The summed E-state index contributed by atoms with van der Waals surface area (Å²) in [6, 6.07) is 7.97. The lowest BCUT2D eigenvalue weighted by molar-refractivity contribution is -0.387. The number of thiocarbonyl (C=S) groups is 1. The van der Waals surface area contributed by atoms with Gasteiger partial charge in [-0.25, -0.2) is 0 Å². The minimum atomic E-state index is -0.978. The van der Waals surface area contributed by atoms with Crippen LogP contribution in [0.3, 0.4) is 0 Å². The summed E-state index contributed by atoms with van der Waals surface area (Å²) in [4.78, 5) is 22.4. The van der Waals surface area contributed by atoms with Crippen molar-refractivity contribution >= 4 is 34.6 Å². The zero-order valence-corrected chi connectivity index (χ0v) is 14.6. The number of hydrogen-bond donors (Lipinski definition) is 2. The van der Waals surface area contributed by atoms with Crippen molar-refractivity contribution in [3.05, 3.63) is 57.9 Å². The van der Waals surface area contributed by atoms with Crippen LogP contribution in [0.1, 0.15) is 10.4 Å². The highest BCUT2D eigenvalue weighted by Crippen LogP contribution is 2.28. The second-order valence-electron chi connectivity index (χ2n) is 4.87. The van der Waals surface area contributed by atoms with Gasteiger partial charge in [-0.15, -0.1) is 0 Å². The van der Waals surface area contributed by atoms with E-state index in [2.05, 4.69) is 10.6 Å². The highest BCUT2D eigenvalue weighted by molar-refractivity contribution is 7.80. The molecule has 0 fully saturated rings. The van der Waals surface area contributed by atoms with Crippen molar-refractivity contribution in [3.8, 4) is 11.5 Å². The first-order valence-electron chi connectivity index (χ1n) is 7.14. The lowest BCUT2D eigenvalue weighted by Crippen LogP contribution is -2.34. The number of nitrogens with one attached hydrogen (secondary N) is 2. The van der Waals surface area contributed by atoms with Gasteiger partial charge in [0.25, 0.3) is 5.91 Å². The molecule has 2 N–H and O–H groups in total. The Bertz CT molecular complexity index is 853. The normalized spacial score (nSPS) is 9.96. The van der Waals surface area contributed by atoms with E-state index < -0.39 is 22.3 Å². The summed E-state index contributed by atoms with van der Waals surface area (Å²) < 4.78 is 23.6. The monoisotopic (exact) mass is 379 g/mol. The molecule has 0 radical (unpaired) electrons. The zero-order valence-electron chi connectivity index (χ0n) is 13.7. The van der Waals surface area contributed by atoms with E-state index in [1.807, 2.05) is 0 Å². The van der Waals surface area contributed by atoms with E-state index in [9.17, 15) is 19.3 Å². The molecule has 0 saturated carbocycles. The number of anilines is 1. The Kier molecular flexibility index (Phi) is 6.02. The molecule has 0 atom stereocenters. The molecule has 0 spiro atoms. The molecule has 0 aromatic heterocycles. The van der Waals surface area contributed by atoms with Gasteiger partial charge >= 0.3 is 5.69 Å². The predicted molar refractivity (Wildman–Crippen MR) is 96.3 cm³/mol. The molecule has 26 heavy (non-hydrogen) atoms. The standard InChI is InChI=1S/C16H14FN3O5S/c1-24-12-4-3-5-13(25-2)14(12)15(21)19-16(26)18-9-6-7-10(17)11(8-9)20(22)23/h3-8H,1-2H3,(H2,18,19,21,26). The van der Waals surface area contributed by atoms with Crippen molar-refractivity contribution in [1.29, 1.82) is 0 Å². The van der Waals surface area contributed by atoms with Crippen LogP contribution in [0, 0.1) is 15.9 Å². The Hall–Kier alpha value is -3.27. The van der Waals surface area contributed by atoms with Crippen LogP contribution in [-0.4, -0.2) is 30.2 Å². The molecule has 2 aromatic carbocycles. The lowest BCUT2D eigenvalue weighted by atomic mass is 10.1. The first-order valence-corrected chi connectivity index (χ1v) is 7.55. The molecule has 0 aliphatic rings. The lowest BCUT2D eigenvalue weighted by Gasteiger charge is -2.14. The number of carbonyl (C=O) groups is 1. The number of halogens is 1. The van der Waals surface area contributed by atoms with Gasteiger partial charge in [-0.2, -0.15) is 4.39 Å². The minimum Gasteiger partial charge on any atom is -0.496 e. The second-order valence-corrected chi connectivity index (χ2v) is 5.28. The number of nitrogens with zero attached hydrogens (tertiary/aromatic N) is 1. The molecule has 0 aliphatic heterocycles. The maximum absolute atomic E-state index is 13.4. The summed E-state index contributed by atoms with van der Waals surface area (Å²) in [5, 5.41) is 15.6. The maximum Gasteiger partial charge on any atom is 0.306 e. The van der Waals surface area contributed by atoms with Gasteiger partial charge in [-0.3, -0.25) is 20.2 Å². The molecular formula is C16H14FN3O5S. The molecule has 1 amide bonds. The van der Waals surface area contributed by atoms with Gasteiger partial charge in [0.15, 0.2) is 5.11 Å². The van der Waals surface area contributed by atoms with Gasteiger partial charge in [-0.1, -0.05) is 6.07 Å². The second kappa shape index (κ2) is 8.21. The van der Waals surface area contributed by atoms with Gasteiger partial charge in [0.05, 0.1) is 19.1 Å². The number of methoxy groups -OCH3 is 2. The van der Waals surface area contributed by atoms with Gasteiger partial charge < -0.3 is 14.8 Å². The molecule has 2 aromatic rings. The molecule has 0 aliphatic carbocycles. The Morgan fingerprint density at radius 1 is 1.19 bits per heavy atom. The van der Waals surface area contributed by atoms with Crippen LogP contribution >= 0.6 is 12.2 Å². The van der Waals surface area contributed by atoms with Crippen molar-refractivity contribution in [3.63, 3.8) is 0 Å². The Morgan fingerprint density at radius 3 is 2.35 bits per heavy atom. The molecule has 10 heteroatoms. The van der Waals surface area contributed by atoms with Crippen molar-refractivity contribution in [2.24, 2.45) is 0 Å². The summed E-state index contributed by atoms with van der Waals surface area (Å²) in [6.07, 6.45) is 0. The molecule has 8 nitrogen and oxygen atoms in total. The number of ether oxygens (including phenoxy) is 2. The molecule has 0 saturated heterocycles. The molecule has 0 bridgehead atoms. The van der Waals surface area contributed by atoms with E-state index in [4.69, 9.17) is 21.7 Å². The van der Waals surface area contributed by atoms with Gasteiger partial charge in [0.1, 0.15) is 17.1 Å². The van der Waals surface area contributed by atoms with Crippen LogP contribution in [0.5, 0.6) is 11.5 Å². The predicted octanol–water partition coefficient (Wildman–Crippen LogP) is 2.88. The average molecular weight is 379 g/mol. The Morgan fingerprint density at radius 2 is 1.81 bits per heavy atom. The fraction of sp³-hybridized carbons (Fsp3) is 0.125. The topological polar surface area (TPSA) is 103 Å². The fourth-order valence-electron chi connectivity index (χ4n) is 2.13. The first-order chi connectivity index (χ1) is 12.4. The number of rotatable bonds is 5. The fourth-order valence-corrected chi connectivity index (χ4v) is 2.34. The van der Waals surface area contributed by atoms with Crippen LogP contribution < -0.4 is 20.1 Å². The van der Waals surface area contributed by atoms with Gasteiger partial charge in [-0.05, 0) is 36.5 Å². The first kappa shape index (κ1) is 19.1. The highest BCUT2D eigenvalue weighted by Gasteiger charge is 2.20. The van der Waals surface area contributed by atoms with E-state index >= 15 is 0 Å². The summed E-state index contributed by atoms with van der Waals surface area (Å²) in [5.74, 6) is -1.02. The van der Waals surface area contributed by atoms with E-state index in [0.29, 0.717) is 0 Å². The van der Waals surface area contributed by atoms with Crippen molar-refractivity contribution in [2.45, 2.75) is 0 Å². The molecule has 136 valence electrons. The van der Waals surface area contributed by atoms with Crippen LogP contribution in [0.4, 0.5) is 15.8 Å². The number of hydrogen-bond acceptors (Lipinski definition) is 6. The van der Waals surface area contributed by atoms with E-state index in [0.717, 1.165) is 12.1 Å². The quantitative estimate of drug-likeness (QED) is 0.468. The number of nitro benzene ring substituents is 1. The molecule has 0 heterocycles. The van der Waals surface area contributed by atoms with Crippen LogP contribution in [-0.2, 0) is 0 Å². The smallest absolute Gasteiger partial charge is 0.306 e. The zero-order chi connectivity index (χ0) is 19.3. The van der Waals surface area contributed by atoms with Crippen molar-refractivity contribution < 1.29 is 23.6 Å². The number of nitro groups is 1. The number of amides is 1. The number of carbonyl (C=O) groups excluding carboxylic acids is 1. The van der Waals surface area contributed by atoms with Crippen molar-refractivity contribution in [1.82, 2.24) is 5.32 Å². The van der Waals surface area contributed by atoms with Gasteiger partial charge in [0.2, 0.25) is 5.82 Å². The average Bonchev–Trinajstić information content (AvgIpc) is 2.62. The third kappa shape index (κ3) is 4.22. The minimum absolute atomic E-state index is 0.131. The summed E-state index contributed by atoms with van der Waals surface area (Å²) >= 11 is 5.02. The van der Waals surface area contributed by atoms with Gasteiger partial charge in [0, 0.05) is 11.8 Å². The van der Waals surface area contributed by atoms with E-state index in [1.54, 1.807) is 18.2 Å². The summed E-state index contributed by atoms with van der Waals surface area (Å²) in [5.41, 5.74) is -0.433.